The Bertz CT molecular complexity index is 662. The number of nitrogens with zero attached hydrogens (tertiary/aromatic N) is 1. The minimum Gasteiger partial charge on any atom is -0.256 e. The first-order valence-corrected chi connectivity index (χ1v) is 6.53. The first kappa shape index (κ1) is 10.7. The summed E-state index contributed by atoms with van der Waals surface area (Å²) in [6, 6.07) is 18.8. The zero-order valence-electron chi connectivity index (χ0n) is 9.10. The Morgan fingerprint density at radius 2 is 1.65 bits per heavy atom. The van der Waals surface area contributed by atoms with Crippen LogP contribution in [-0.4, -0.2) is 4.98 Å². The first-order valence-electron chi connectivity index (χ1n) is 5.45. The van der Waals surface area contributed by atoms with Crippen LogP contribution in [0.25, 0.3) is 22.0 Å². The standard InChI is InChI=1S/C15H10IN/c16-13-9-8-11-5-1-2-6-12(11)15(13)14-7-3-4-10-17-14/h1-10H. The van der Waals surface area contributed by atoms with Gasteiger partial charge in [-0.25, -0.2) is 0 Å². The van der Waals surface area contributed by atoms with Crippen molar-refractivity contribution in [3.63, 3.8) is 0 Å². The molecule has 82 valence electrons. The molecule has 0 aliphatic heterocycles. The van der Waals surface area contributed by atoms with Crippen molar-refractivity contribution >= 4 is 33.4 Å². The van der Waals surface area contributed by atoms with Gasteiger partial charge in [0.1, 0.15) is 0 Å². The second-order valence-electron chi connectivity index (χ2n) is 3.86. The van der Waals surface area contributed by atoms with Gasteiger partial charge in [-0.05, 0) is 51.6 Å². The van der Waals surface area contributed by atoms with E-state index in [2.05, 4.69) is 70.0 Å². The van der Waals surface area contributed by atoms with Crippen LogP contribution < -0.4 is 0 Å². The van der Waals surface area contributed by atoms with Crippen molar-refractivity contribution in [1.82, 2.24) is 4.98 Å². The van der Waals surface area contributed by atoms with E-state index < -0.39 is 0 Å². The highest BCUT2D eigenvalue weighted by Crippen LogP contribution is 2.31. The Morgan fingerprint density at radius 1 is 0.824 bits per heavy atom. The number of halogens is 1. The molecule has 0 saturated carbocycles. The van der Waals surface area contributed by atoms with Crippen LogP contribution >= 0.6 is 22.6 Å². The van der Waals surface area contributed by atoms with Crippen molar-refractivity contribution in [3.05, 3.63) is 64.4 Å². The van der Waals surface area contributed by atoms with Gasteiger partial charge in [-0.2, -0.15) is 0 Å². The molecule has 1 aromatic heterocycles. The Hall–Kier alpha value is -1.42. The van der Waals surface area contributed by atoms with Crippen molar-refractivity contribution in [1.29, 1.82) is 0 Å². The summed E-state index contributed by atoms with van der Waals surface area (Å²) in [7, 11) is 0. The minimum absolute atomic E-state index is 1.04. The van der Waals surface area contributed by atoms with Gasteiger partial charge in [-0.3, -0.25) is 4.98 Å². The second kappa shape index (κ2) is 4.45. The van der Waals surface area contributed by atoms with Crippen LogP contribution in [0.1, 0.15) is 0 Å². The average Bonchev–Trinajstić information content (AvgIpc) is 2.39. The predicted octanol–water partition coefficient (Wildman–Crippen LogP) is 4.51. The van der Waals surface area contributed by atoms with Crippen LogP contribution in [-0.2, 0) is 0 Å². The molecular weight excluding hydrogens is 321 g/mol. The van der Waals surface area contributed by atoms with Crippen LogP contribution in [0.2, 0.25) is 0 Å². The van der Waals surface area contributed by atoms with Crippen LogP contribution in [0, 0.1) is 3.57 Å². The van der Waals surface area contributed by atoms with Gasteiger partial charge in [-0.15, -0.1) is 0 Å². The Balaban J connectivity index is 2.39. The maximum Gasteiger partial charge on any atom is 0.0718 e. The monoisotopic (exact) mass is 331 g/mol. The molecule has 0 unspecified atom stereocenters. The molecule has 1 nitrogen and oxygen atoms in total. The Kier molecular flexibility index (Phi) is 2.81. The third-order valence-electron chi connectivity index (χ3n) is 2.80. The molecule has 0 amide bonds. The van der Waals surface area contributed by atoms with Gasteiger partial charge in [0.05, 0.1) is 5.69 Å². The largest absolute Gasteiger partial charge is 0.256 e. The van der Waals surface area contributed by atoms with Crippen molar-refractivity contribution < 1.29 is 0 Å². The maximum absolute atomic E-state index is 4.46. The fourth-order valence-electron chi connectivity index (χ4n) is 2.02. The van der Waals surface area contributed by atoms with E-state index in [1.165, 1.54) is 19.9 Å². The fourth-order valence-corrected chi connectivity index (χ4v) is 2.76. The molecule has 0 atom stereocenters. The molecule has 0 aliphatic rings. The molecule has 0 fully saturated rings. The van der Waals surface area contributed by atoms with Gasteiger partial charge in [0, 0.05) is 15.3 Å². The highest BCUT2D eigenvalue weighted by molar-refractivity contribution is 14.1. The number of benzene rings is 2. The molecule has 17 heavy (non-hydrogen) atoms. The smallest absolute Gasteiger partial charge is 0.0718 e. The quantitative estimate of drug-likeness (QED) is 0.598. The summed E-state index contributed by atoms with van der Waals surface area (Å²) in [4.78, 5) is 4.46. The molecule has 0 aliphatic carbocycles. The van der Waals surface area contributed by atoms with E-state index in [-0.39, 0.29) is 0 Å². The maximum atomic E-state index is 4.46. The number of hydrogen-bond donors (Lipinski definition) is 0. The molecule has 0 saturated heterocycles. The molecule has 2 heteroatoms. The zero-order chi connectivity index (χ0) is 11.7. The number of fused-ring (bicyclic) bond motifs is 1. The minimum atomic E-state index is 1.04. The lowest BCUT2D eigenvalue weighted by atomic mass is 10.0. The molecular formula is C15H10IN. The topological polar surface area (TPSA) is 12.9 Å². The molecule has 0 bridgehead atoms. The SMILES string of the molecule is Ic1ccc2ccccc2c1-c1ccccn1. The van der Waals surface area contributed by atoms with Gasteiger partial charge < -0.3 is 0 Å². The van der Waals surface area contributed by atoms with E-state index in [0.29, 0.717) is 0 Å². The van der Waals surface area contributed by atoms with E-state index in [1.807, 2.05) is 18.3 Å². The normalized spacial score (nSPS) is 10.6. The van der Waals surface area contributed by atoms with Crippen molar-refractivity contribution in [2.24, 2.45) is 0 Å². The highest BCUT2D eigenvalue weighted by Gasteiger charge is 2.08. The van der Waals surface area contributed by atoms with Crippen LogP contribution in [0.5, 0.6) is 0 Å². The molecule has 2 aromatic carbocycles. The zero-order valence-corrected chi connectivity index (χ0v) is 11.3. The Morgan fingerprint density at radius 3 is 2.47 bits per heavy atom. The van der Waals surface area contributed by atoms with Gasteiger partial charge in [0.15, 0.2) is 0 Å². The summed E-state index contributed by atoms with van der Waals surface area (Å²) in [6.45, 7) is 0. The molecule has 0 radical (unpaired) electrons. The van der Waals surface area contributed by atoms with E-state index in [4.69, 9.17) is 0 Å². The van der Waals surface area contributed by atoms with Crippen LogP contribution in [0.4, 0.5) is 0 Å². The van der Waals surface area contributed by atoms with Gasteiger partial charge in [0.25, 0.3) is 0 Å². The summed E-state index contributed by atoms with van der Waals surface area (Å²) in [5, 5.41) is 2.52. The van der Waals surface area contributed by atoms with Crippen LogP contribution in [0.3, 0.4) is 0 Å². The summed E-state index contributed by atoms with van der Waals surface area (Å²) in [5.41, 5.74) is 2.26. The molecule has 0 N–H and O–H groups in total. The number of rotatable bonds is 1. The van der Waals surface area contributed by atoms with Crippen molar-refractivity contribution in [3.8, 4) is 11.3 Å². The lowest BCUT2D eigenvalue weighted by molar-refractivity contribution is 1.33. The summed E-state index contributed by atoms with van der Waals surface area (Å²) in [6.07, 6.45) is 1.84. The van der Waals surface area contributed by atoms with E-state index in [1.54, 1.807) is 0 Å². The average molecular weight is 331 g/mol. The predicted molar refractivity (Wildman–Crippen MR) is 79.9 cm³/mol. The number of hydrogen-bond acceptors (Lipinski definition) is 1. The second-order valence-corrected chi connectivity index (χ2v) is 5.02. The van der Waals surface area contributed by atoms with Crippen molar-refractivity contribution in [2.75, 3.05) is 0 Å². The van der Waals surface area contributed by atoms with Gasteiger partial charge in [-0.1, -0.05) is 36.4 Å². The summed E-state index contributed by atoms with van der Waals surface area (Å²) < 4.78 is 1.24. The summed E-state index contributed by atoms with van der Waals surface area (Å²) >= 11 is 2.37. The van der Waals surface area contributed by atoms with E-state index in [9.17, 15) is 0 Å². The molecule has 3 aromatic rings. The Labute approximate surface area is 114 Å². The number of aromatic nitrogens is 1. The van der Waals surface area contributed by atoms with Gasteiger partial charge >= 0.3 is 0 Å². The van der Waals surface area contributed by atoms with Crippen LogP contribution in [0.15, 0.2) is 60.8 Å². The van der Waals surface area contributed by atoms with Crippen molar-refractivity contribution in [2.45, 2.75) is 0 Å². The first-order chi connectivity index (χ1) is 8.36. The lowest BCUT2D eigenvalue weighted by Gasteiger charge is -2.08. The summed E-state index contributed by atoms with van der Waals surface area (Å²) in [5.74, 6) is 0. The van der Waals surface area contributed by atoms with Gasteiger partial charge in [0.2, 0.25) is 0 Å². The van der Waals surface area contributed by atoms with E-state index in [0.717, 1.165) is 5.69 Å². The lowest BCUT2D eigenvalue weighted by Crippen LogP contribution is -1.88. The van der Waals surface area contributed by atoms with E-state index >= 15 is 0 Å². The third-order valence-corrected chi connectivity index (χ3v) is 3.70. The fraction of sp³-hybridized carbons (Fsp3) is 0. The highest BCUT2D eigenvalue weighted by atomic mass is 127. The number of pyridine rings is 1. The molecule has 1 heterocycles. The third kappa shape index (κ3) is 1.93. The molecule has 0 spiro atoms. The molecule has 3 rings (SSSR count).